The van der Waals surface area contributed by atoms with Crippen LogP contribution in [0.15, 0.2) is 85.5 Å². The summed E-state index contributed by atoms with van der Waals surface area (Å²) in [6, 6.07) is 24.6. The van der Waals surface area contributed by atoms with Crippen molar-refractivity contribution in [3.63, 3.8) is 0 Å². The van der Waals surface area contributed by atoms with Crippen molar-refractivity contribution in [2.24, 2.45) is 0 Å². The molecule has 0 saturated carbocycles. The van der Waals surface area contributed by atoms with Gasteiger partial charge in [0.2, 0.25) is 0 Å². The lowest BCUT2D eigenvalue weighted by Gasteiger charge is -2.33. The zero-order chi connectivity index (χ0) is 21.3. The van der Waals surface area contributed by atoms with E-state index >= 15 is 0 Å². The third-order valence-corrected chi connectivity index (χ3v) is 5.94. The third-order valence-electron chi connectivity index (χ3n) is 5.94. The van der Waals surface area contributed by atoms with Gasteiger partial charge in [0.25, 0.3) is 0 Å². The first-order chi connectivity index (χ1) is 14.4. The summed E-state index contributed by atoms with van der Waals surface area (Å²) in [5.41, 5.74) is 8.78. The molecule has 0 aromatic heterocycles. The second kappa shape index (κ2) is 7.79. The molecule has 0 spiro atoms. The van der Waals surface area contributed by atoms with Crippen molar-refractivity contribution in [1.29, 1.82) is 0 Å². The molecule has 30 heavy (non-hydrogen) atoms. The highest BCUT2D eigenvalue weighted by Gasteiger charge is 2.28. The van der Waals surface area contributed by atoms with Crippen LogP contribution in [0.4, 0.5) is 0 Å². The van der Waals surface area contributed by atoms with Crippen LogP contribution in [-0.4, -0.2) is 13.1 Å². The average Bonchev–Trinajstić information content (AvgIpc) is 2.78. The maximum absolute atomic E-state index is 11.7. The Morgan fingerprint density at radius 3 is 2.20 bits per heavy atom. The largest absolute Gasteiger partial charge is 0.465 e. The van der Waals surface area contributed by atoms with Gasteiger partial charge in [-0.3, -0.25) is 0 Å². The van der Waals surface area contributed by atoms with E-state index in [1.807, 2.05) is 18.2 Å². The molecule has 1 aliphatic carbocycles. The minimum Gasteiger partial charge on any atom is -0.465 e. The van der Waals surface area contributed by atoms with E-state index in [0.717, 1.165) is 23.1 Å². The number of hydrogen-bond acceptors (Lipinski definition) is 2. The van der Waals surface area contributed by atoms with E-state index in [-0.39, 0.29) is 11.4 Å². The predicted molar refractivity (Wildman–Crippen MR) is 124 cm³/mol. The Kier molecular flexibility index (Phi) is 5.17. The number of ether oxygens (including phenoxy) is 1. The monoisotopic (exact) mass is 394 g/mol. The van der Waals surface area contributed by atoms with Crippen LogP contribution in [0.1, 0.15) is 58.4 Å². The highest BCUT2D eigenvalue weighted by molar-refractivity contribution is 5.91. The van der Waals surface area contributed by atoms with Gasteiger partial charge < -0.3 is 4.74 Å². The lowest BCUT2D eigenvalue weighted by Crippen LogP contribution is -2.22. The van der Waals surface area contributed by atoms with Crippen molar-refractivity contribution < 1.29 is 9.53 Å². The van der Waals surface area contributed by atoms with E-state index < -0.39 is 0 Å². The fourth-order valence-electron chi connectivity index (χ4n) is 4.11. The molecule has 0 aliphatic heterocycles. The smallest absolute Gasteiger partial charge is 0.337 e. The minimum absolute atomic E-state index is 0.0929. The molecule has 2 nitrogen and oxygen atoms in total. The predicted octanol–water partition coefficient (Wildman–Crippen LogP) is 6.65. The first kappa shape index (κ1) is 19.9. The second-order valence-electron chi connectivity index (χ2n) is 8.38. The first-order valence-electron chi connectivity index (χ1n) is 10.2. The normalized spacial score (nSPS) is 14.4. The zero-order valence-corrected chi connectivity index (χ0v) is 17.7. The van der Waals surface area contributed by atoms with Crippen molar-refractivity contribution in [3.8, 4) is 0 Å². The standard InChI is InChI=1S/C28H26O2/c1-19(20-10-12-22(13-11-20)27(29)30-4)23-14-15-26-25(18-23)24(16-17-28(26,2)3)21-8-6-5-7-9-21/h5-16,18H,1,17H2,2-4H3. The summed E-state index contributed by atoms with van der Waals surface area (Å²) in [5, 5.41) is 0. The second-order valence-corrected chi connectivity index (χ2v) is 8.38. The number of esters is 1. The molecule has 3 aromatic carbocycles. The highest BCUT2D eigenvalue weighted by atomic mass is 16.5. The molecule has 0 unspecified atom stereocenters. The Morgan fingerprint density at radius 1 is 0.900 bits per heavy atom. The number of hydrogen-bond donors (Lipinski definition) is 0. The molecular formula is C28H26O2. The van der Waals surface area contributed by atoms with Gasteiger partial charge in [-0.15, -0.1) is 0 Å². The van der Waals surface area contributed by atoms with Crippen LogP contribution >= 0.6 is 0 Å². The molecule has 0 saturated heterocycles. The third kappa shape index (κ3) is 3.61. The van der Waals surface area contributed by atoms with Gasteiger partial charge in [0, 0.05) is 0 Å². The highest BCUT2D eigenvalue weighted by Crippen LogP contribution is 2.42. The van der Waals surface area contributed by atoms with Crippen molar-refractivity contribution in [1.82, 2.24) is 0 Å². The fourth-order valence-corrected chi connectivity index (χ4v) is 4.11. The molecule has 0 N–H and O–H groups in total. The van der Waals surface area contributed by atoms with Crippen molar-refractivity contribution in [2.75, 3.05) is 7.11 Å². The Morgan fingerprint density at radius 2 is 1.53 bits per heavy atom. The molecule has 4 rings (SSSR count). The van der Waals surface area contributed by atoms with Gasteiger partial charge in [0.15, 0.2) is 0 Å². The van der Waals surface area contributed by atoms with Gasteiger partial charge in [-0.25, -0.2) is 4.79 Å². The summed E-state index contributed by atoms with van der Waals surface area (Å²) >= 11 is 0. The Balaban J connectivity index is 1.74. The zero-order valence-electron chi connectivity index (χ0n) is 17.7. The molecule has 1 aliphatic rings. The van der Waals surface area contributed by atoms with Gasteiger partial charge in [0.05, 0.1) is 12.7 Å². The lowest BCUT2D eigenvalue weighted by molar-refractivity contribution is 0.0600. The molecule has 3 aromatic rings. The Hall–Kier alpha value is -3.39. The summed E-state index contributed by atoms with van der Waals surface area (Å²) in [7, 11) is 1.39. The Bertz CT molecular complexity index is 1130. The van der Waals surface area contributed by atoms with Crippen LogP contribution in [0.25, 0.3) is 11.1 Å². The number of rotatable bonds is 4. The molecule has 150 valence electrons. The topological polar surface area (TPSA) is 26.3 Å². The van der Waals surface area contributed by atoms with Gasteiger partial charge in [0.1, 0.15) is 0 Å². The number of fused-ring (bicyclic) bond motifs is 1. The average molecular weight is 395 g/mol. The van der Waals surface area contributed by atoms with Crippen LogP contribution in [0.3, 0.4) is 0 Å². The molecule has 0 fully saturated rings. The van der Waals surface area contributed by atoms with E-state index in [0.29, 0.717) is 5.56 Å². The van der Waals surface area contributed by atoms with E-state index in [1.165, 1.54) is 29.4 Å². The number of carbonyl (C=O) groups is 1. The van der Waals surface area contributed by atoms with Gasteiger partial charge in [-0.2, -0.15) is 0 Å². The molecule has 0 bridgehead atoms. The van der Waals surface area contributed by atoms with Gasteiger partial charge in [-0.05, 0) is 69.0 Å². The summed E-state index contributed by atoms with van der Waals surface area (Å²) in [6.45, 7) is 8.93. The summed E-state index contributed by atoms with van der Waals surface area (Å²) in [5.74, 6) is -0.333. The molecule has 0 radical (unpaired) electrons. The van der Waals surface area contributed by atoms with E-state index in [2.05, 4.69) is 69.0 Å². The molecular weight excluding hydrogens is 368 g/mol. The SMILES string of the molecule is C=C(c1ccc(C(=O)OC)cc1)c1ccc2c(c1)C(c1ccccc1)=CCC2(C)C. The Labute approximate surface area is 178 Å². The molecule has 0 heterocycles. The molecule has 0 atom stereocenters. The van der Waals surface area contributed by atoms with Crippen molar-refractivity contribution >= 4 is 17.1 Å². The fraction of sp³-hybridized carbons (Fsp3) is 0.179. The quantitative estimate of drug-likeness (QED) is 0.463. The summed E-state index contributed by atoms with van der Waals surface area (Å²) in [6.07, 6.45) is 3.37. The van der Waals surface area contributed by atoms with Crippen LogP contribution in [0, 0.1) is 0 Å². The number of carbonyl (C=O) groups excluding carboxylic acids is 1. The van der Waals surface area contributed by atoms with Crippen LogP contribution in [0.5, 0.6) is 0 Å². The van der Waals surface area contributed by atoms with Crippen LogP contribution < -0.4 is 0 Å². The first-order valence-corrected chi connectivity index (χ1v) is 10.2. The number of benzene rings is 3. The summed E-state index contributed by atoms with van der Waals surface area (Å²) < 4.78 is 4.79. The molecule has 2 heteroatoms. The van der Waals surface area contributed by atoms with E-state index in [9.17, 15) is 4.79 Å². The van der Waals surface area contributed by atoms with Crippen molar-refractivity contribution in [3.05, 3.63) is 119 Å². The van der Waals surface area contributed by atoms with E-state index in [1.54, 1.807) is 12.1 Å². The van der Waals surface area contributed by atoms with Gasteiger partial charge in [-0.1, -0.05) is 81.1 Å². The maximum Gasteiger partial charge on any atom is 0.337 e. The number of methoxy groups -OCH3 is 1. The molecule has 0 amide bonds. The van der Waals surface area contributed by atoms with Crippen LogP contribution in [0.2, 0.25) is 0 Å². The van der Waals surface area contributed by atoms with Gasteiger partial charge >= 0.3 is 5.97 Å². The van der Waals surface area contributed by atoms with E-state index in [4.69, 9.17) is 4.74 Å². The lowest BCUT2D eigenvalue weighted by atomic mass is 9.71. The van der Waals surface area contributed by atoms with Crippen molar-refractivity contribution in [2.45, 2.75) is 25.7 Å². The minimum atomic E-state index is -0.333. The number of allylic oxidation sites excluding steroid dienone is 1. The maximum atomic E-state index is 11.7. The van der Waals surface area contributed by atoms with Crippen LogP contribution in [-0.2, 0) is 10.2 Å². The summed E-state index contributed by atoms with van der Waals surface area (Å²) in [4.78, 5) is 11.7.